The monoisotopic (exact) mass is 446 g/mol. The van der Waals surface area contributed by atoms with E-state index in [2.05, 4.69) is 15.8 Å². The van der Waals surface area contributed by atoms with Crippen LogP contribution in [-0.4, -0.2) is 53.3 Å². The maximum Gasteiger partial charge on any atom is 0.288 e. The van der Waals surface area contributed by atoms with Crippen LogP contribution in [0.5, 0.6) is 0 Å². The van der Waals surface area contributed by atoms with E-state index in [0.29, 0.717) is 11.1 Å². The van der Waals surface area contributed by atoms with E-state index < -0.39 is 34.0 Å². The van der Waals surface area contributed by atoms with Gasteiger partial charge in [-0.25, -0.2) is 8.42 Å². The van der Waals surface area contributed by atoms with Crippen LogP contribution in [0.2, 0.25) is 0 Å². The Balaban J connectivity index is 1.86. The molecule has 1 aromatic carbocycles. The molecule has 0 aliphatic carbocycles. The van der Waals surface area contributed by atoms with Crippen molar-refractivity contribution >= 4 is 21.8 Å². The van der Waals surface area contributed by atoms with Crippen molar-refractivity contribution in [3.63, 3.8) is 0 Å². The van der Waals surface area contributed by atoms with Gasteiger partial charge < -0.3 is 5.11 Å². The molecule has 0 unspecified atom stereocenters. The minimum atomic E-state index is -4.08. The number of nitrogens with one attached hydrogen (secondary N) is 2. The number of hydrogen-bond acceptors (Lipinski definition) is 6. The third kappa shape index (κ3) is 4.46. The zero-order valence-electron chi connectivity index (χ0n) is 17.8. The van der Waals surface area contributed by atoms with Gasteiger partial charge in [0.25, 0.3) is 11.8 Å². The van der Waals surface area contributed by atoms with E-state index in [1.54, 1.807) is 26.0 Å². The van der Waals surface area contributed by atoms with E-state index in [1.165, 1.54) is 12.3 Å². The molecule has 0 saturated carbocycles. The number of nitrogens with zero attached hydrogens (tertiary/aromatic N) is 2. The fourth-order valence-electron chi connectivity index (χ4n) is 3.74. The van der Waals surface area contributed by atoms with Crippen LogP contribution in [0.15, 0.2) is 35.4 Å². The third-order valence-corrected chi connectivity index (χ3v) is 7.75. The van der Waals surface area contributed by atoms with E-state index in [9.17, 15) is 23.1 Å². The molecule has 0 radical (unpaired) electrons. The summed E-state index contributed by atoms with van der Waals surface area (Å²) in [5, 5.41) is 10.1. The fourth-order valence-corrected chi connectivity index (χ4v) is 5.95. The maximum absolute atomic E-state index is 13.5. The minimum absolute atomic E-state index is 0.0760. The molecule has 1 aliphatic heterocycles. The molecule has 2 heterocycles. The van der Waals surface area contributed by atoms with Crippen molar-refractivity contribution in [3.8, 4) is 0 Å². The van der Waals surface area contributed by atoms with Crippen molar-refractivity contribution in [1.82, 2.24) is 20.1 Å². The number of aliphatic hydroxyl groups is 1. The highest BCUT2D eigenvalue weighted by Gasteiger charge is 2.44. The lowest BCUT2D eigenvalue weighted by Crippen LogP contribution is -2.51. The first-order valence-electron chi connectivity index (χ1n) is 9.82. The summed E-state index contributed by atoms with van der Waals surface area (Å²) in [5.41, 5.74) is 7.45. The zero-order chi connectivity index (χ0) is 22.9. The molecule has 2 atom stereocenters. The summed E-state index contributed by atoms with van der Waals surface area (Å²) in [7, 11) is -4.08. The number of rotatable bonds is 4. The largest absolute Gasteiger partial charge is 0.392 e. The van der Waals surface area contributed by atoms with Gasteiger partial charge in [-0.2, -0.15) is 4.31 Å². The fraction of sp³-hybridized carbons (Fsp3) is 0.381. The summed E-state index contributed by atoms with van der Waals surface area (Å²) < 4.78 is 28.1. The van der Waals surface area contributed by atoms with E-state index >= 15 is 0 Å². The van der Waals surface area contributed by atoms with Crippen LogP contribution in [-0.2, 0) is 14.8 Å². The lowest BCUT2D eigenvalue weighted by molar-refractivity contribution is -0.125. The summed E-state index contributed by atoms with van der Waals surface area (Å²) in [6, 6.07) is 5.50. The molecule has 9 nitrogen and oxygen atoms in total. The molecule has 0 bridgehead atoms. The number of benzene rings is 1. The van der Waals surface area contributed by atoms with Gasteiger partial charge in [0.2, 0.25) is 10.0 Å². The smallest absolute Gasteiger partial charge is 0.288 e. The number of hydrogen-bond donors (Lipinski definition) is 3. The van der Waals surface area contributed by atoms with Crippen molar-refractivity contribution in [1.29, 1.82) is 0 Å². The Kier molecular flexibility index (Phi) is 6.44. The van der Waals surface area contributed by atoms with E-state index in [-0.39, 0.29) is 23.6 Å². The normalized spacial score (nSPS) is 19.3. The number of sulfonamides is 1. The highest BCUT2D eigenvalue weighted by atomic mass is 32.2. The first-order chi connectivity index (χ1) is 14.5. The molecule has 166 valence electrons. The van der Waals surface area contributed by atoms with E-state index in [0.717, 1.165) is 15.4 Å². The van der Waals surface area contributed by atoms with Gasteiger partial charge in [0.15, 0.2) is 0 Å². The van der Waals surface area contributed by atoms with Gasteiger partial charge in [-0.3, -0.25) is 25.4 Å². The molecule has 1 saturated heterocycles. The highest BCUT2D eigenvalue weighted by molar-refractivity contribution is 7.89. The number of amides is 2. The second-order valence-electron chi connectivity index (χ2n) is 7.73. The van der Waals surface area contributed by atoms with Crippen LogP contribution in [0.4, 0.5) is 0 Å². The minimum Gasteiger partial charge on any atom is -0.392 e. The molecular weight excluding hydrogens is 420 g/mol. The van der Waals surface area contributed by atoms with E-state index in [4.69, 9.17) is 0 Å². The quantitative estimate of drug-likeness (QED) is 0.599. The Morgan fingerprint density at radius 3 is 2.32 bits per heavy atom. The second kappa shape index (κ2) is 8.74. The zero-order valence-corrected chi connectivity index (χ0v) is 18.7. The average molecular weight is 447 g/mol. The van der Waals surface area contributed by atoms with Crippen LogP contribution < -0.4 is 10.9 Å². The number of aliphatic hydroxyl groups excluding tert-OH is 1. The summed E-state index contributed by atoms with van der Waals surface area (Å²) in [6.07, 6.45) is 0.365. The number of carbonyl (C=O) groups is 2. The molecule has 1 aliphatic rings. The molecule has 3 N–H and O–H groups in total. The average Bonchev–Trinajstić information content (AvgIpc) is 3.13. The molecule has 2 aromatic rings. The lowest BCUT2D eigenvalue weighted by Gasteiger charge is -2.26. The molecule has 31 heavy (non-hydrogen) atoms. The number of aromatic nitrogens is 1. The third-order valence-electron chi connectivity index (χ3n) is 5.60. The van der Waals surface area contributed by atoms with Crippen LogP contribution in [0, 0.1) is 27.7 Å². The Morgan fingerprint density at radius 2 is 1.74 bits per heavy atom. The van der Waals surface area contributed by atoms with Crippen LogP contribution in [0.25, 0.3) is 0 Å². The first-order valence-corrected chi connectivity index (χ1v) is 11.3. The van der Waals surface area contributed by atoms with Gasteiger partial charge in [0.05, 0.1) is 11.0 Å². The van der Waals surface area contributed by atoms with Crippen LogP contribution in [0.1, 0.15) is 39.2 Å². The predicted molar refractivity (Wildman–Crippen MR) is 114 cm³/mol. The highest BCUT2D eigenvalue weighted by Crippen LogP contribution is 2.32. The summed E-state index contributed by atoms with van der Waals surface area (Å²) in [6.45, 7) is 6.90. The Labute approximate surface area is 181 Å². The molecule has 1 fully saturated rings. The van der Waals surface area contributed by atoms with Gasteiger partial charge in [-0.1, -0.05) is 12.1 Å². The summed E-state index contributed by atoms with van der Waals surface area (Å²) >= 11 is 0. The molecular formula is C21H26N4O5S. The van der Waals surface area contributed by atoms with Crippen LogP contribution >= 0.6 is 0 Å². The standard InChI is InChI=1S/C21H26N4O5S/c1-12-9-13(2)15(4)19(14(12)3)31(29,30)25-11-16(26)10-18(25)21(28)24-23-20(27)17-7-5-6-8-22-17/h5-9,16,18,26H,10-11H2,1-4H3,(H,23,27)(H,24,28)/t16-,18-/m0/s1. The maximum atomic E-state index is 13.5. The van der Waals surface area contributed by atoms with Gasteiger partial charge in [-0.15, -0.1) is 0 Å². The molecule has 2 amide bonds. The van der Waals surface area contributed by atoms with Crippen molar-refractivity contribution in [3.05, 3.63) is 58.4 Å². The Morgan fingerprint density at radius 1 is 1.10 bits per heavy atom. The van der Waals surface area contributed by atoms with Crippen molar-refractivity contribution in [2.75, 3.05) is 6.54 Å². The van der Waals surface area contributed by atoms with Gasteiger partial charge in [-0.05, 0) is 62.1 Å². The van der Waals surface area contributed by atoms with Gasteiger partial charge in [0.1, 0.15) is 11.7 Å². The number of carbonyl (C=O) groups excluding carboxylic acids is 2. The number of β-amino-alcohol motifs (C(OH)–C–C–N with tert-alkyl or cyclic N) is 1. The summed E-state index contributed by atoms with van der Waals surface area (Å²) in [4.78, 5) is 28.9. The number of aryl methyl sites for hydroxylation is 2. The number of pyridine rings is 1. The van der Waals surface area contributed by atoms with Gasteiger partial charge in [0, 0.05) is 19.2 Å². The molecule has 0 spiro atoms. The SMILES string of the molecule is Cc1cc(C)c(C)c(S(=O)(=O)N2C[C@@H](O)C[C@H]2C(=O)NNC(=O)c2ccccn2)c1C. The van der Waals surface area contributed by atoms with Crippen molar-refractivity contribution in [2.45, 2.75) is 51.2 Å². The first kappa shape index (κ1) is 22.9. The van der Waals surface area contributed by atoms with Crippen molar-refractivity contribution < 1.29 is 23.1 Å². The number of hydrazine groups is 1. The molecule has 1 aromatic heterocycles. The van der Waals surface area contributed by atoms with Crippen molar-refractivity contribution in [2.24, 2.45) is 0 Å². The topological polar surface area (TPSA) is 129 Å². The Bertz CT molecular complexity index is 1090. The van der Waals surface area contributed by atoms with Crippen LogP contribution in [0.3, 0.4) is 0 Å². The van der Waals surface area contributed by atoms with Gasteiger partial charge >= 0.3 is 0 Å². The van der Waals surface area contributed by atoms with E-state index in [1.807, 2.05) is 19.9 Å². The predicted octanol–water partition coefficient (Wildman–Crippen LogP) is 0.900. The molecule has 3 rings (SSSR count). The summed E-state index contributed by atoms with van der Waals surface area (Å²) in [5.74, 6) is -1.37. The Hall–Kier alpha value is -2.82. The second-order valence-corrected chi connectivity index (χ2v) is 9.56. The molecule has 10 heteroatoms. The lowest BCUT2D eigenvalue weighted by atomic mass is 10.0.